The summed E-state index contributed by atoms with van der Waals surface area (Å²) in [5, 5.41) is 7.34. The van der Waals surface area contributed by atoms with E-state index in [0.717, 1.165) is 29.6 Å². The number of hydrogen-bond donors (Lipinski definition) is 1. The van der Waals surface area contributed by atoms with E-state index in [1.165, 1.54) is 0 Å². The second-order valence-corrected chi connectivity index (χ2v) is 7.77. The van der Waals surface area contributed by atoms with Crippen molar-refractivity contribution in [3.63, 3.8) is 0 Å². The van der Waals surface area contributed by atoms with Crippen LogP contribution in [0.25, 0.3) is 0 Å². The van der Waals surface area contributed by atoms with E-state index in [1.54, 1.807) is 0 Å². The number of rotatable bonds is 5. The van der Waals surface area contributed by atoms with Gasteiger partial charge in [0.2, 0.25) is 5.89 Å². The molecular weight excluding hydrogens is 485 g/mol. The molecule has 0 saturated heterocycles. The van der Waals surface area contributed by atoms with E-state index in [-0.39, 0.29) is 29.4 Å². The zero-order valence-electron chi connectivity index (χ0n) is 17.7. The van der Waals surface area contributed by atoms with Gasteiger partial charge in [0.25, 0.3) is 0 Å². The van der Waals surface area contributed by atoms with Crippen LogP contribution in [-0.4, -0.2) is 47.8 Å². The molecule has 0 radical (unpaired) electrons. The third-order valence-electron chi connectivity index (χ3n) is 4.20. The summed E-state index contributed by atoms with van der Waals surface area (Å²) in [5.74, 6) is 3.56. The van der Waals surface area contributed by atoms with Gasteiger partial charge in [-0.05, 0) is 24.6 Å². The third-order valence-corrected chi connectivity index (χ3v) is 4.20. The molecule has 0 amide bonds. The average molecular weight is 515 g/mol. The fourth-order valence-corrected chi connectivity index (χ4v) is 2.77. The molecule has 2 heterocycles. The molecule has 0 fully saturated rings. The summed E-state index contributed by atoms with van der Waals surface area (Å²) in [5.41, 5.74) is 0.945. The van der Waals surface area contributed by atoms with Crippen LogP contribution in [0, 0.1) is 0 Å². The molecule has 160 valence electrons. The van der Waals surface area contributed by atoms with Gasteiger partial charge in [-0.25, -0.2) is 4.99 Å². The number of fused-ring (bicyclic) bond motifs is 1. The van der Waals surface area contributed by atoms with Crippen LogP contribution in [0.5, 0.6) is 11.5 Å². The van der Waals surface area contributed by atoms with Gasteiger partial charge in [-0.1, -0.05) is 32.0 Å². The minimum atomic E-state index is -0.172. The number of nitrogens with zero attached hydrogens (tertiary/aromatic N) is 4. The van der Waals surface area contributed by atoms with Crippen molar-refractivity contribution in [1.82, 2.24) is 20.4 Å². The number of nitrogens with one attached hydrogen (secondary N) is 1. The van der Waals surface area contributed by atoms with Gasteiger partial charge in [-0.3, -0.25) is 0 Å². The molecule has 9 heteroatoms. The van der Waals surface area contributed by atoms with Crippen LogP contribution in [0.1, 0.15) is 45.0 Å². The Hall–Kier alpha value is -2.04. The molecule has 2 aromatic rings. The van der Waals surface area contributed by atoms with Gasteiger partial charge >= 0.3 is 0 Å². The van der Waals surface area contributed by atoms with Gasteiger partial charge in [0.1, 0.15) is 19.8 Å². The Morgan fingerprint density at radius 1 is 1.21 bits per heavy atom. The van der Waals surface area contributed by atoms with Gasteiger partial charge in [0.05, 0.1) is 0 Å². The highest BCUT2D eigenvalue weighted by Crippen LogP contribution is 2.31. The molecule has 29 heavy (non-hydrogen) atoms. The molecule has 0 aliphatic carbocycles. The normalized spacial score (nSPS) is 13.6. The zero-order valence-corrected chi connectivity index (χ0v) is 20.0. The molecular formula is C20H30IN5O3. The van der Waals surface area contributed by atoms with Crippen LogP contribution in [0.2, 0.25) is 0 Å². The number of aliphatic imine (C=N–C) groups is 1. The standard InChI is InChI=1S/C20H29N5O3.HI/c1-6-21-19(22-12-17-23-18(28-24-17)20(2,3)4)25(5)13-14-7-8-15-16(11-14)27-10-9-26-15;/h7-8,11H,6,9-10,12-13H2,1-5H3,(H,21,22);1H. The minimum absolute atomic E-state index is 0. The van der Waals surface area contributed by atoms with Crippen molar-refractivity contribution in [2.75, 3.05) is 26.8 Å². The predicted molar refractivity (Wildman–Crippen MR) is 122 cm³/mol. The number of ether oxygens (including phenoxy) is 2. The van der Waals surface area contributed by atoms with E-state index in [0.29, 0.717) is 38.0 Å². The predicted octanol–water partition coefficient (Wildman–Crippen LogP) is 3.35. The lowest BCUT2D eigenvalue weighted by molar-refractivity contribution is 0.171. The van der Waals surface area contributed by atoms with Gasteiger partial charge < -0.3 is 24.2 Å². The number of hydrogen-bond acceptors (Lipinski definition) is 6. The average Bonchev–Trinajstić information content (AvgIpc) is 3.14. The number of benzene rings is 1. The lowest BCUT2D eigenvalue weighted by atomic mass is 9.97. The first-order valence-electron chi connectivity index (χ1n) is 9.58. The first kappa shape index (κ1) is 23.2. The molecule has 3 rings (SSSR count). The van der Waals surface area contributed by atoms with E-state index in [1.807, 2.05) is 52.9 Å². The molecule has 0 unspecified atom stereocenters. The Morgan fingerprint density at radius 2 is 1.93 bits per heavy atom. The fraction of sp³-hybridized carbons (Fsp3) is 0.550. The summed E-state index contributed by atoms with van der Waals surface area (Å²) in [6, 6.07) is 6.01. The topological polar surface area (TPSA) is 85.0 Å². The first-order chi connectivity index (χ1) is 13.4. The van der Waals surface area contributed by atoms with E-state index in [9.17, 15) is 0 Å². The Kier molecular flexibility index (Phi) is 8.12. The summed E-state index contributed by atoms with van der Waals surface area (Å²) >= 11 is 0. The molecule has 1 aliphatic rings. The SMILES string of the molecule is CCNC(=NCc1noc(C(C)(C)C)n1)N(C)Cc1ccc2c(c1)OCCO2.I. The highest BCUT2D eigenvalue weighted by Gasteiger charge is 2.21. The van der Waals surface area contributed by atoms with E-state index in [2.05, 4.69) is 25.3 Å². The Morgan fingerprint density at radius 3 is 2.59 bits per heavy atom. The smallest absolute Gasteiger partial charge is 0.232 e. The lowest BCUT2D eigenvalue weighted by Gasteiger charge is -2.23. The molecule has 0 spiro atoms. The summed E-state index contributed by atoms with van der Waals surface area (Å²) in [7, 11) is 2.00. The van der Waals surface area contributed by atoms with Gasteiger partial charge in [0, 0.05) is 25.6 Å². The Labute approximate surface area is 189 Å². The van der Waals surface area contributed by atoms with E-state index < -0.39 is 0 Å². The van der Waals surface area contributed by atoms with Crippen LogP contribution in [-0.2, 0) is 18.5 Å². The van der Waals surface area contributed by atoms with Crippen molar-refractivity contribution in [2.45, 2.75) is 46.2 Å². The summed E-state index contributed by atoms with van der Waals surface area (Å²) in [6.45, 7) is 11.1. The summed E-state index contributed by atoms with van der Waals surface area (Å²) < 4.78 is 16.6. The monoisotopic (exact) mass is 515 g/mol. The number of aromatic nitrogens is 2. The number of guanidine groups is 1. The van der Waals surface area contributed by atoms with E-state index in [4.69, 9.17) is 14.0 Å². The molecule has 1 aromatic carbocycles. The van der Waals surface area contributed by atoms with Crippen LogP contribution in [0.4, 0.5) is 0 Å². The third kappa shape index (κ3) is 6.22. The van der Waals surface area contributed by atoms with Gasteiger partial charge in [-0.15, -0.1) is 24.0 Å². The van der Waals surface area contributed by atoms with Crippen LogP contribution in [0.3, 0.4) is 0 Å². The highest BCUT2D eigenvalue weighted by molar-refractivity contribution is 14.0. The van der Waals surface area contributed by atoms with Crippen molar-refractivity contribution >= 4 is 29.9 Å². The molecule has 8 nitrogen and oxygen atoms in total. The molecule has 0 saturated carbocycles. The maximum atomic E-state index is 5.67. The first-order valence-corrected chi connectivity index (χ1v) is 9.58. The van der Waals surface area contributed by atoms with Crippen molar-refractivity contribution in [2.24, 2.45) is 4.99 Å². The Bertz CT molecular complexity index is 832. The second-order valence-electron chi connectivity index (χ2n) is 7.77. The molecule has 0 bridgehead atoms. The minimum Gasteiger partial charge on any atom is -0.486 e. The number of halogens is 1. The molecule has 1 aliphatic heterocycles. The summed E-state index contributed by atoms with van der Waals surface area (Å²) in [4.78, 5) is 11.2. The van der Waals surface area contributed by atoms with Crippen LogP contribution < -0.4 is 14.8 Å². The second kappa shape index (κ2) is 10.1. The largest absolute Gasteiger partial charge is 0.486 e. The van der Waals surface area contributed by atoms with Crippen LogP contribution in [0.15, 0.2) is 27.7 Å². The zero-order chi connectivity index (χ0) is 20.1. The highest BCUT2D eigenvalue weighted by atomic mass is 127. The maximum Gasteiger partial charge on any atom is 0.232 e. The summed E-state index contributed by atoms with van der Waals surface area (Å²) in [6.07, 6.45) is 0. The van der Waals surface area contributed by atoms with E-state index >= 15 is 0 Å². The van der Waals surface area contributed by atoms with Crippen LogP contribution >= 0.6 is 24.0 Å². The van der Waals surface area contributed by atoms with Crippen molar-refractivity contribution in [1.29, 1.82) is 0 Å². The van der Waals surface area contributed by atoms with Gasteiger partial charge in [-0.2, -0.15) is 4.98 Å². The molecule has 0 atom stereocenters. The lowest BCUT2D eigenvalue weighted by Crippen LogP contribution is -2.38. The Balaban J connectivity index is 0.00000300. The quantitative estimate of drug-likeness (QED) is 0.372. The fourth-order valence-electron chi connectivity index (χ4n) is 2.77. The molecule has 1 N–H and O–H groups in total. The van der Waals surface area contributed by atoms with Crippen molar-refractivity contribution in [3.8, 4) is 11.5 Å². The molecule has 1 aromatic heterocycles. The van der Waals surface area contributed by atoms with Gasteiger partial charge in [0.15, 0.2) is 23.3 Å². The van der Waals surface area contributed by atoms with Crippen molar-refractivity contribution < 1.29 is 14.0 Å². The maximum absolute atomic E-state index is 5.67. The van der Waals surface area contributed by atoms with Crippen molar-refractivity contribution in [3.05, 3.63) is 35.5 Å².